The lowest BCUT2D eigenvalue weighted by Gasteiger charge is -2.34. The number of halogens is 1. The SMILES string of the molecule is COc1ccc(CNc2ncc(Br)c3c2c(-c2ccc(C(=O)Nc4ccccn4)cc2)nn3[C@@H]2CCCN(C(=O)OC(C)(C)C)C2)c(OC)c1. The second-order valence-electron chi connectivity index (χ2n) is 13.0. The van der Waals surface area contributed by atoms with Gasteiger partial charge in [-0.05, 0) is 85.9 Å². The van der Waals surface area contributed by atoms with Gasteiger partial charge in [0.15, 0.2) is 0 Å². The number of ether oxygens (including phenoxy) is 3. The standard InChI is InChI=1S/C37H40BrN7O5/c1-37(2,3)50-36(47)44-18-8-9-26(22-44)45-33-28(38)21-41-34(40-20-25-15-16-27(48-4)19-29(25)49-5)31(33)32(43-45)23-11-13-24(14-12-23)35(46)42-30-10-6-7-17-39-30/h6-7,10-17,19,21,26H,8-9,18,20,22H2,1-5H3,(H,40,41)(H,39,42,46)/t26-/m1/s1. The topological polar surface area (TPSA) is 133 Å². The smallest absolute Gasteiger partial charge is 0.410 e. The second-order valence-corrected chi connectivity index (χ2v) is 13.8. The van der Waals surface area contributed by atoms with Gasteiger partial charge in [0.2, 0.25) is 0 Å². The monoisotopic (exact) mass is 741 g/mol. The van der Waals surface area contributed by atoms with Gasteiger partial charge in [0.05, 0.1) is 35.6 Å². The van der Waals surface area contributed by atoms with Crippen molar-refractivity contribution in [2.24, 2.45) is 0 Å². The molecule has 1 saturated heterocycles. The molecule has 2 amide bonds. The van der Waals surface area contributed by atoms with Gasteiger partial charge in [0.1, 0.15) is 34.4 Å². The lowest BCUT2D eigenvalue weighted by atomic mass is 10.0. The number of benzene rings is 2. The van der Waals surface area contributed by atoms with E-state index in [-0.39, 0.29) is 18.0 Å². The molecule has 260 valence electrons. The number of nitrogens with one attached hydrogen (secondary N) is 2. The Balaban J connectivity index is 1.39. The Bertz CT molecular complexity index is 1990. The van der Waals surface area contributed by atoms with Crippen LogP contribution in [0.3, 0.4) is 0 Å². The molecule has 0 unspecified atom stereocenters. The zero-order chi connectivity index (χ0) is 35.4. The molecule has 0 saturated carbocycles. The van der Waals surface area contributed by atoms with Crippen molar-refractivity contribution >= 4 is 50.5 Å². The third-order valence-corrected chi connectivity index (χ3v) is 8.92. The number of anilines is 2. The molecule has 2 N–H and O–H groups in total. The molecule has 1 aliphatic heterocycles. The molecule has 1 aliphatic rings. The molecule has 5 aromatic rings. The number of methoxy groups -OCH3 is 2. The quantitative estimate of drug-likeness (QED) is 0.156. The van der Waals surface area contributed by atoms with Crippen LogP contribution >= 0.6 is 15.9 Å². The third kappa shape index (κ3) is 7.67. The molecular formula is C37H40BrN7O5. The Labute approximate surface area is 299 Å². The first-order chi connectivity index (χ1) is 24.0. The Hall–Kier alpha value is -5.17. The molecule has 50 heavy (non-hydrogen) atoms. The van der Waals surface area contributed by atoms with Crippen LogP contribution in [0, 0.1) is 0 Å². The van der Waals surface area contributed by atoms with Crippen LogP contribution in [0.5, 0.6) is 11.5 Å². The molecule has 6 rings (SSSR count). The van der Waals surface area contributed by atoms with Crippen LogP contribution in [0.15, 0.2) is 77.5 Å². The van der Waals surface area contributed by atoms with Gasteiger partial charge in [-0.25, -0.2) is 14.8 Å². The number of piperidine rings is 1. The van der Waals surface area contributed by atoms with E-state index in [1.54, 1.807) is 55.8 Å². The van der Waals surface area contributed by atoms with Gasteiger partial charge in [-0.15, -0.1) is 0 Å². The number of amides is 2. The van der Waals surface area contributed by atoms with Crippen molar-refractivity contribution in [3.63, 3.8) is 0 Å². The number of hydrogen-bond donors (Lipinski definition) is 2. The van der Waals surface area contributed by atoms with E-state index in [0.717, 1.165) is 39.3 Å². The fourth-order valence-electron chi connectivity index (χ4n) is 5.96. The third-order valence-electron chi connectivity index (χ3n) is 8.34. The van der Waals surface area contributed by atoms with Crippen molar-refractivity contribution in [1.82, 2.24) is 24.6 Å². The van der Waals surface area contributed by atoms with Gasteiger partial charge >= 0.3 is 6.09 Å². The summed E-state index contributed by atoms with van der Waals surface area (Å²) in [5, 5.41) is 12.3. The summed E-state index contributed by atoms with van der Waals surface area (Å²) >= 11 is 3.77. The highest BCUT2D eigenvalue weighted by molar-refractivity contribution is 9.10. The number of carbonyl (C=O) groups excluding carboxylic acids is 2. The predicted molar refractivity (Wildman–Crippen MR) is 196 cm³/mol. The molecule has 0 spiro atoms. The first kappa shape index (κ1) is 34.7. The molecule has 0 radical (unpaired) electrons. The molecule has 0 bridgehead atoms. The van der Waals surface area contributed by atoms with Crippen LogP contribution < -0.4 is 20.1 Å². The maximum absolute atomic E-state index is 13.1. The molecule has 1 atom stereocenters. The maximum atomic E-state index is 13.1. The molecule has 2 aromatic carbocycles. The normalized spacial score (nSPS) is 14.7. The summed E-state index contributed by atoms with van der Waals surface area (Å²) < 4.78 is 19.5. The predicted octanol–water partition coefficient (Wildman–Crippen LogP) is 7.71. The molecular weight excluding hydrogens is 702 g/mol. The number of nitrogens with zero attached hydrogens (tertiary/aromatic N) is 5. The molecule has 1 fully saturated rings. The minimum absolute atomic E-state index is 0.121. The summed E-state index contributed by atoms with van der Waals surface area (Å²) in [4.78, 5) is 36.9. The van der Waals surface area contributed by atoms with Crippen LogP contribution in [0.2, 0.25) is 0 Å². The van der Waals surface area contributed by atoms with Crippen LogP contribution in [-0.2, 0) is 11.3 Å². The number of hydrogen-bond acceptors (Lipinski definition) is 9. The Kier molecular flexibility index (Phi) is 10.2. The Morgan fingerprint density at radius 2 is 1.82 bits per heavy atom. The van der Waals surface area contributed by atoms with Crippen molar-refractivity contribution in [2.45, 2.75) is 51.8 Å². The first-order valence-corrected chi connectivity index (χ1v) is 17.2. The van der Waals surface area contributed by atoms with Crippen molar-refractivity contribution < 1.29 is 23.8 Å². The van der Waals surface area contributed by atoms with E-state index < -0.39 is 5.60 Å². The number of carbonyl (C=O) groups is 2. The second kappa shape index (κ2) is 14.8. The van der Waals surface area contributed by atoms with E-state index >= 15 is 0 Å². The molecule has 3 aromatic heterocycles. The number of fused-ring (bicyclic) bond motifs is 1. The van der Waals surface area contributed by atoms with Crippen molar-refractivity contribution in [2.75, 3.05) is 37.9 Å². The fourth-order valence-corrected chi connectivity index (χ4v) is 6.45. The van der Waals surface area contributed by atoms with E-state index in [1.807, 2.05) is 61.9 Å². The van der Waals surface area contributed by atoms with E-state index in [1.165, 1.54) is 0 Å². The number of rotatable bonds is 9. The number of likely N-dealkylation sites (tertiary alicyclic amines) is 1. The van der Waals surface area contributed by atoms with Gasteiger partial charge in [0.25, 0.3) is 5.91 Å². The molecule has 0 aliphatic carbocycles. The van der Waals surface area contributed by atoms with Crippen molar-refractivity contribution in [3.05, 3.63) is 88.7 Å². The largest absolute Gasteiger partial charge is 0.497 e. The van der Waals surface area contributed by atoms with Crippen LogP contribution in [0.1, 0.15) is 55.6 Å². The Morgan fingerprint density at radius 3 is 2.52 bits per heavy atom. The molecule has 13 heteroatoms. The minimum Gasteiger partial charge on any atom is -0.497 e. The molecule has 12 nitrogen and oxygen atoms in total. The van der Waals surface area contributed by atoms with Crippen molar-refractivity contribution in [1.29, 1.82) is 0 Å². The highest BCUT2D eigenvalue weighted by atomic mass is 79.9. The van der Waals surface area contributed by atoms with Crippen LogP contribution in [-0.4, -0.2) is 69.6 Å². The summed E-state index contributed by atoms with van der Waals surface area (Å²) in [6.07, 6.45) is 4.67. The lowest BCUT2D eigenvalue weighted by molar-refractivity contribution is 0.0169. The zero-order valence-electron chi connectivity index (χ0n) is 28.7. The minimum atomic E-state index is -0.599. The molecule has 4 heterocycles. The van der Waals surface area contributed by atoms with Crippen LogP contribution in [0.25, 0.3) is 22.2 Å². The van der Waals surface area contributed by atoms with E-state index in [9.17, 15) is 9.59 Å². The summed E-state index contributed by atoms with van der Waals surface area (Å²) in [5.41, 5.74) is 3.12. The summed E-state index contributed by atoms with van der Waals surface area (Å²) in [6, 6.07) is 18.2. The fraction of sp³-hybridized carbons (Fsp3) is 0.324. The summed E-state index contributed by atoms with van der Waals surface area (Å²) in [6.45, 7) is 7.08. The average molecular weight is 743 g/mol. The average Bonchev–Trinajstić information content (AvgIpc) is 3.53. The van der Waals surface area contributed by atoms with Gasteiger partial charge in [-0.1, -0.05) is 18.2 Å². The maximum Gasteiger partial charge on any atom is 0.410 e. The van der Waals surface area contributed by atoms with Crippen molar-refractivity contribution in [3.8, 4) is 22.8 Å². The first-order valence-electron chi connectivity index (χ1n) is 16.4. The summed E-state index contributed by atoms with van der Waals surface area (Å²) in [5.74, 6) is 2.21. The van der Waals surface area contributed by atoms with E-state index in [2.05, 4.69) is 31.5 Å². The lowest BCUT2D eigenvalue weighted by Crippen LogP contribution is -2.43. The van der Waals surface area contributed by atoms with Gasteiger partial charge in [0, 0.05) is 54.8 Å². The highest BCUT2D eigenvalue weighted by Crippen LogP contribution is 2.40. The van der Waals surface area contributed by atoms with Gasteiger partial charge in [-0.2, -0.15) is 5.10 Å². The number of pyridine rings is 2. The van der Waals surface area contributed by atoms with E-state index in [4.69, 9.17) is 24.3 Å². The van der Waals surface area contributed by atoms with E-state index in [0.29, 0.717) is 54.0 Å². The number of aromatic nitrogens is 4. The highest BCUT2D eigenvalue weighted by Gasteiger charge is 2.31. The zero-order valence-corrected chi connectivity index (χ0v) is 30.3. The van der Waals surface area contributed by atoms with Crippen LogP contribution in [0.4, 0.5) is 16.4 Å². The summed E-state index contributed by atoms with van der Waals surface area (Å²) in [7, 11) is 3.24. The Morgan fingerprint density at radius 1 is 1.02 bits per heavy atom. The van der Waals surface area contributed by atoms with Gasteiger partial charge in [-0.3, -0.25) is 9.48 Å². The van der Waals surface area contributed by atoms with Gasteiger partial charge < -0.3 is 29.7 Å².